The first kappa shape index (κ1) is 14.5. The molecule has 1 aliphatic carbocycles. The fourth-order valence-corrected chi connectivity index (χ4v) is 3.36. The summed E-state index contributed by atoms with van der Waals surface area (Å²) in [7, 11) is 1.64. The number of benzene rings is 1. The lowest BCUT2D eigenvalue weighted by Gasteiger charge is -2.35. The second-order valence-electron chi connectivity index (χ2n) is 5.79. The molecule has 0 aromatic heterocycles. The zero-order valence-electron chi connectivity index (χ0n) is 12.1. The van der Waals surface area contributed by atoms with Gasteiger partial charge in [-0.1, -0.05) is 38.3 Å². The SMILES string of the molecule is COc1ccc(NC2CCCCC2C(C)C)cc1Cl. The van der Waals surface area contributed by atoms with Crippen molar-refractivity contribution < 1.29 is 4.74 Å². The Labute approximate surface area is 121 Å². The van der Waals surface area contributed by atoms with Crippen LogP contribution in [-0.2, 0) is 0 Å². The van der Waals surface area contributed by atoms with Crippen molar-refractivity contribution in [2.24, 2.45) is 11.8 Å². The van der Waals surface area contributed by atoms with Crippen molar-refractivity contribution in [1.29, 1.82) is 0 Å². The number of anilines is 1. The highest BCUT2D eigenvalue weighted by Gasteiger charge is 2.27. The van der Waals surface area contributed by atoms with Gasteiger partial charge in [0, 0.05) is 11.7 Å². The van der Waals surface area contributed by atoms with Gasteiger partial charge in [-0.2, -0.15) is 0 Å². The molecule has 19 heavy (non-hydrogen) atoms. The fraction of sp³-hybridized carbons (Fsp3) is 0.625. The molecule has 1 aromatic carbocycles. The van der Waals surface area contributed by atoms with Gasteiger partial charge in [-0.3, -0.25) is 0 Å². The zero-order valence-corrected chi connectivity index (χ0v) is 12.8. The van der Waals surface area contributed by atoms with Crippen LogP contribution in [0.25, 0.3) is 0 Å². The lowest BCUT2D eigenvalue weighted by Crippen LogP contribution is -2.35. The van der Waals surface area contributed by atoms with Crippen LogP contribution in [0.15, 0.2) is 18.2 Å². The molecule has 2 unspecified atom stereocenters. The predicted molar refractivity (Wildman–Crippen MR) is 82.2 cm³/mol. The Morgan fingerprint density at radius 3 is 2.63 bits per heavy atom. The summed E-state index contributed by atoms with van der Waals surface area (Å²) in [5.74, 6) is 2.22. The van der Waals surface area contributed by atoms with Gasteiger partial charge in [-0.15, -0.1) is 0 Å². The van der Waals surface area contributed by atoms with Gasteiger partial charge >= 0.3 is 0 Å². The fourth-order valence-electron chi connectivity index (χ4n) is 3.11. The average Bonchev–Trinajstić information content (AvgIpc) is 2.39. The van der Waals surface area contributed by atoms with Crippen LogP contribution in [0.3, 0.4) is 0 Å². The molecule has 0 saturated heterocycles. The highest BCUT2D eigenvalue weighted by Crippen LogP contribution is 2.34. The highest BCUT2D eigenvalue weighted by atomic mass is 35.5. The van der Waals surface area contributed by atoms with E-state index >= 15 is 0 Å². The van der Waals surface area contributed by atoms with Crippen LogP contribution in [0.2, 0.25) is 5.02 Å². The Hall–Kier alpha value is -0.890. The van der Waals surface area contributed by atoms with Gasteiger partial charge in [0.05, 0.1) is 12.1 Å². The van der Waals surface area contributed by atoms with Gasteiger partial charge in [0.1, 0.15) is 5.75 Å². The molecule has 0 radical (unpaired) electrons. The monoisotopic (exact) mass is 281 g/mol. The molecule has 0 aliphatic heterocycles. The number of rotatable bonds is 4. The van der Waals surface area contributed by atoms with Crippen molar-refractivity contribution in [3.05, 3.63) is 23.2 Å². The van der Waals surface area contributed by atoms with Crippen molar-refractivity contribution in [3.63, 3.8) is 0 Å². The zero-order chi connectivity index (χ0) is 13.8. The number of hydrogen-bond donors (Lipinski definition) is 1. The van der Waals surface area contributed by atoms with E-state index in [9.17, 15) is 0 Å². The van der Waals surface area contributed by atoms with Gasteiger partial charge in [-0.25, -0.2) is 0 Å². The van der Waals surface area contributed by atoms with Crippen molar-refractivity contribution in [3.8, 4) is 5.75 Å². The Balaban J connectivity index is 2.08. The molecule has 0 bridgehead atoms. The summed E-state index contributed by atoms with van der Waals surface area (Å²) in [6.07, 6.45) is 5.28. The van der Waals surface area contributed by atoms with Gasteiger partial charge in [-0.05, 0) is 42.9 Å². The van der Waals surface area contributed by atoms with E-state index in [0.29, 0.717) is 11.1 Å². The maximum Gasteiger partial charge on any atom is 0.137 e. The van der Waals surface area contributed by atoms with E-state index in [1.54, 1.807) is 7.11 Å². The second-order valence-corrected chi connectivity index (χ2v) is 6.20. The quantitative estimate of drug-likeness (QED) is 0.841. The predicted octanol–water partition coefficient (Wildman–Crippen LogP) is 4.98. The van der Waals surface area contributed by atoms with Gasteiger partial charge in [0.25, 0.3) is 0 Å². The first-order chi connectivity index (χ1) is 9.11. The number of ether oxygens (including phenoxy) is 1. The normalized spacial score (nSPS) is 23.4. The molecule has 2 nitrogen and oxygen atoms in total. The van der Waals surface area contributed by atoms with Crippen LogP contribution in [0.5, 0.6) is 5.75 Å². The maximum absolute atomic E-state index is 6.18. The molecular formula is C16H24ClNO. The molecule has 0 heterocycles. The van der Waals surface area contributed by atoms with E-state index in [2.05, 4.69) is 25.2 Å². The Morgan fingerprint density at radius 1 is 1.26 bits per heavy atom. The van der Waals surface area contributed by atoms with Crippen molar-refractivity contribution in [2.45, 2.75) is 45.6 Å². The standard InChI is InChI=1S/C16H24ClNO/c1-11(2)13-6-4-5-7-15(13)18-12-8-9-16(19-3)14(17)10-12/h8-11,13,15,18H,4-7H2,1-3H3. The Kier molecular flexibility index (Phi) is 4.98. The number of hydrogen-bond acceptors (Lipinski definition) is 2. The molecule has 0 amide bonds. The van der Waals surface area contributed by atoms with Crippen molar-refractivity contribution in [1.82, 2.24) is 0 Å². The Bertz CT molecular complexity index is 419. The molecular weight excluding hydrogens is 258 g/mol. The minimum Gasteiger partial charge on any atom is -0.495 e. The third-order valence-corrected chi connectivity index (χ3v) is 4.47. The minimum atomic E-state index is 0.568. The van der Waals surface area contributed by atoms with Gasteiger partial charge in [0.15, 0.2) is 0 Å². The lowest BCUT2D eigenvalue weighted by molar-refractivity contribution is 0.254. The van der Waals surface area contributed by atoms with E-state index in [-0.39, 0.29) is 0 Å². The third kappa shape index (κ3) is 3.56. The van der Waals surface area contributed by atoms with Crippen molar-refractivity contribution in [2.75, 3.05) is 12.4 Å². The van der Waals surface area contributed by atoms with Gasteiger partial charge < -0.3 is 10.1 Å². The molecule has 1 aliphatic rings. The molecule has 1 fully saturated rings. The maximum atomic E-state index is 6.18. The Morgan fingerprint density at radius 2 is 2.00 bits per heavy atom. The molecule has 3 heteroatoms. The molecule has 1 aromatic rings. The van der Waals surface area contributed by atoms with Crippen LogP contribution in [0.1, 0.15) is 39.5 Å². The van der Waals surface area contributed by atoms with Crippen LogP contribution in [0.4, 0.5) is 5.69 Å². The largest absolute Gasteiger partial charge is 0.495 e. The smallest absolute Gasteiger partial charge is 0.137 e. The summed E-state index contributed by atoms with van der Waals surface area (Å²) in [6.45, 7) is 4.65. The summed E-state index contributed by atoms with van der Waals surface area (Å²) in [4.78, 5) is 0. The highest BCUT2D eigenvalue weighted by molar-refractivity contribution is 6.32. The first-order valence-corrected chi connectivity index (χ1v) is 7.59. The van der Waals surface area contributed by atoms with E-state index in [0.717, 1.165) is 23.3 Å². The second kappa shape index (κ2) is 6.51. The van der Waals surface area contributed by atoms with Crippen LogP contribution < -0.4 is 10.1 Å². The summed E-state index contributed by atoms with van der Waals surface area (Å²) in [5.41, 5.74) is 1.10. The number of halogens is 1. The van der Waals surface area contributed by atoms with E-state index < -0.39 is 0 Å². The molecule has 1 N–H and O–H groups in total. The third-order valence-electron chi connectivity index (χ3n) is 4.18. The molecule has 1 saturated carbocycles. The number of methoxy groups -OCH3 is 1. The van der Waals surface area contributed by atoms with Crippen LogP contribution in [0, 0.1) is 11.8 Å². The van der Waals surface area contributed by atoms with E-state index in [1.165, 1.54) is 25.7 Å². The van der Waals surface area contributed by atoms with Crippen LogP contribution >= 0.6 is 11.6 Å². The van der Waals surface area contributed by atoms with Crippen molar-refractivity contribution >= 4 is 17.3 Å². The summed E-state index contributed by atoms with van der Waals surface area (Å²) >= 11 is 6.18. The number of nitrogens with one attached hydrogen (secondary N) is 1. The van der Waals surface area contributed by atoms with Crippen LogP contribution in [-0.4, -0.2) is 13.2 Å². The van der Waals surface area contributed by atoms with E-state index in [1.807, 2.05) is 12.1 Å². The van der Waals surface area contributed by atoms with E-state index in [4.69, 9.17) is 16.3 Å². The molecule has 0 spiro atoms. The molecule has 2 rings (SSSR count). The average molecular weight is 282 g/mol. The summed E-state index contributed by atoms with van der Waals surface area (Å²) in [6, 6.07) is 6.51. The summed E-state index contributed by atoms with van der Waals surface area (Å²) < 4.78 is 5.19. The molecule has 106 valence electrons. The minimum absolute atomic E-state index is 0.568. The summed E-state index contributed by atoms with van der Waals surface area (Å²) in [5, 5.41) is 4.34. The molecule has 2 atom stereocenters. The topological polar surface area (TPSA) is 21.3 Å². The lowest BCUT2D eigenvalue weighted by atomic mass is 9.78. The van der Waals surface area contributed by atoms with Gasteiger partial charge in [0.2, 0.25) is 0 Å². The first-order valence-electron chi connectivity index (χ1n) is 7.22.